The van der Waals surface area contributed by atoms with E-state index in [9.17, 15) is 102 Å². The number of nitrogens with two attached hydrogens (primary N) is 1. The van der Waals surface area contributed by atoms with Gasteiger partial charge in [0.1, 0.15) is 42.3 Å². The predicted octanol–water partition coefficient (Wildman–Crippen LogP) is -1.53. The largest absolute Gasteiger partial charge is 0.480 e. The van der Waals surface area contributed by atoms with E-state index in [-0.39, 0.29) is 68.8 Å². The van der Waals surface area contributed by atoms with Crippen LogP contribution in [0.4, 0.5) is 5.69 Å². The van der Waals surface area contributed by atoms with Gasteiger partial charge >= 0.3 is 29.8 Å². The van der Waals surface area contributed by atoms with Gasteiger partial charge in [0.15, 0.2) is 0 Å². The second-order valence-corrected chi connectivity index (χ2v) is 29.4. The quantitative estimate of drug-likeness (QED) is 0.0239. The van der Waals surface area contributed by atoms with E-state index < -0.39 is 213 Å². The Hall–Kier alpha value is -11.1. The third-order valence-electron chi connectivity index (χ3n) is 19.0. The molecule has 1 aliphatic carbocycles. The maximum atomic E-state index is 14.5. The van der Waals surface area contributed by atoms with Crippen molar-refractivity contribution in [3.8, 4) is 0 Å². The number of hydrogen-bond acceptors (Lipinski definition) is 21. The Balaban J connectivity index is 1.10. The van der Waals surface area contributed by atoms with Crippen molar-refractivity contribution in [2.45, 2.75) is 172 Å². The number of hydrogen-bond donors (Lipinski definition) is 18. The lowest BCUT2D eigenvalue weighted by molar-refractivity contribution is -0.148. The molecule has 6 rings (SSSR count). The second kappa shape index (κ2) is 42.8. The van der Waals surface area contributed by atoms with Gasteiger partial charge in [0.25, 0.3) is 5.91 Å². The van der Waals surface area contributed by atoms with E-state index in [0.717, 1.165) is 4.90 Å². The Kier molecular flexibility index (Phi) is 34.2. The summed E-state index contributed by atoms with van der Waals surface area (Å²) in [4.78, 5) is 226. The number of amides is 11. The number of H-pyrrole nitrogens is 2. The first-order chi connectivity index (χ1) is 52.5. The first kappa shape index (κ1) is 88.8. The summed E-state index contributed by atoms with van der Waals surface area (Å²) in [5.74, 6) is -16.2. The number of thioether (sulfide) groups is 1. The van der Waals surface area contributed by atoms with Gasteiger partial charge in [0.2, 0.25) is 59.1 Å². The van der Waals surface area contributed by atoms with Gasteiger partial charge in [-0.15, -0.1) is 0 Å². The van der Waals surface area contributed by atoms with E-state index in [4.69, 9.17) is 5.73 Å². The summed E-state index contributed by atoms with van der Waals surface area (Å²) in [5, 5.41) is 76.0. The third kappa shape index (κ3) is 28.1. The van der Waals surface area contributed by atoms with Crippen LogP contribution in [-0.4, -0.2) is 274 Å². The van der Waals surface area contributed by atoms with Gasteiger partial charge in [-0.2, -0.15) is 11.8 Å². The summed E-state index contributed by atoms with van der Waals surface area (Å²) in [6, 6.07) is 1.65. The molecule has 0 spiro atoms. The normalized spacial score (nSPS) is 17.7. The Morgan fingerprint density at radius 2 is 1.18 bits per heavy atom. The zero-order chi connectivity index (χ0) is 81.8. The highest BCUT2D eigenvalue weighted by Gasteiger charge is 2.50. The van der Waals surface area contributed by atoms with E-state index in [1.165, 1.54) is 55.5 Å². The number of benzene rings is 2. The van der Waals surface area contributed by atoms with E-state index in [2.05, 4.69) is 68.1 Å². The number of aromatic amines is 2. The van der Waals surface area contributed by atoms with Crippen LogP contribution in [0.3, 0.4) is 0 Å². The van der Waals surface area contributed by atoms with Crippen LogP contribution in [0.25, 0.3) is 10.9 Å². The van der Waals surface area contributed by atoms with Crippen molar-refractivity contribution >= 4 is 123 Å². The molecule has 9 atom stereocenters. The molecular weight excluding hydrogens is 1470 g/mol. The average molecular weight is 1570 g/mol. The molecule has 0 bridgehead atoms. The lowest BCUT2D eigenvalue weighted by Crippen LogP contribution is -2.62. The molecule has 606 valence electrons. The summed E-state index contributed by atoms with van der Waals surface area (Å²) >= 11 is 1.39. The standard InChI is InChI=1S/C72H101N17O21S/c1-39(2)25-50(68(106)83-49(71(109)110)22-24-111-6)84-69(107)52(27-45-29-74-38-78-45)81-58(93)31-77-70(108)63(40(3)4)86-64(102)41(5)79-67(105)51(26-43-28-75-47-12-8-7-11-46(43)47)85-66(104)48(19-20-55(73)90)82-65(103)42-15-17-44(18-16-42)80-57(92)30-76-56(91)21-23-72(89(34-61(98)99)35-62(100)101)36-87(32-59(94)95)53-13-9-10-14-54(53)88(37-72)33-60(96)97/h7-8,11-12,15-18,28-29,38-41,48-54,63,75H,9-10,13-14,19-27,30-37H2,1-6H3,(H2,73,90)(H,74,78)(H,76,91)(H,77,108)(H,79,105)(H,80,92)(H,81,93)(H,82,103)(H,83,106)(H,84,107)(H,85,104)(H,86,102)(H,94,95)(H,96,97)(H,98,99)(H,100,101)(H,109,110)/t41-,48-,49-,50-,51-,52-,53?,54?,63-,72?/m0/s1. The number of carboxylic acids is 5. The van der Waals surface area contributed by atoms with Crippen molar-refractivity contribution in [1.82, 2.24) is 77.5 Å². The number of fused-ring (bicyclic) bond motifs is 2. The Labute approximate surface area is 643 Å². The highest BCUT2D eigenvalue weighted by molar-refractivity contribution is 7.98. The van der Waals surface area contributed by atoms with E-state index in [1.54, 1.807) is 74.2 Å². The number of carboxylic acid groups (broad SMARTS) is 5. The average Bonchev–Trinajstić information content (AvgIpc) is 1.64. The summed E-state index contributed by atoms with van der Waals surface area (Å²) in [5.41, 5.74) is 5.55. The molecule has 1 saturated carbocycles. The van der Waals surface area contributed by atoms with E-state index in [1.807, 2.05) is 0 Å². The van der Waals surface area contributed by atoms with Crippen molar-refractivity contribution in [1.29, 1.82) is 0 Å². The van der Waals surface area contributed by atoms with Crippen LogP contribution in [-0.2, 0) is 84.8 Å². The number of imidazole rings is 1. The van der Waals surface area contributed by atoms with Crippen molar-refractivity contribution in [3.05, 3.63) is 84.1 Å². The van der Waals surface area contributed by atoms with Crippen LogP contribution in [0.5, 0.6) is 0 Å². The van der Waals surface area contributed by atoms with Crippen molar-refractivity contribution in [2.75, 3.05) is 69.7 Å². The van der Waals surface area contributed by atoms with Gasteiger partial charge in [-0.25, -0.2) is 9.78 Å². The van der Waals surface area contributed by atoms with Gasteiger partial charge in [-0.3, -0.25) is 86.6 Å². The summed E-state index contributed by atoms with van der Waals surface area (Å²) in [6.07, 6.45) is 6.77. The number of rotatable bonds is 45. The van der Waals surface area contributed by atoms with Gasteiger partial charge in [0, 0.05) is 96.6 Å². The van der Waals surface area contributed by atoms with E-state index >= 15 is 0 Å². The second-order valence-electron chi connectivity index (χ2n) is 28.4. The zero-order valence-electron chi connectivity index (χ0n) is 62.6. The minimum Gasteiger partial charge on any atom is -0.480 e. The molecule has 1 aliphatic heterocycles. The van der Waals surface area contributed by atoms with Crippen LogP contribution in [0.2, 0.25) is 0 Å². The first-order valence-electron chi connectivity index (χ1n) is 36.2. The number of para-hydroxylation sites is 1. The summed E-state index contributed by atoms with van der Waals surface area (Å²) in [7, 11) is 0. The van der Waals surface area contributed by atoms with Gasteiger partial charge in [-0.05, 0) is 105 Å². The van der Waals surface area contributed by atoms with Crippen LogP contribution >= 0.6 is 11.8 Å². The fourth-order valence-corrected chi connectivity index (χ4v) is 14.0. The molecule has 2 aromatic carbocycles. The molecule has 4 aromatic rings. The zero-order valence-corrected chi connectivity index (χ0v) is 63.4. The molecule has 2 aromatic heterocycles. The number of anilines is 1. The van der Waals surface area contributed by atoms with Crippen molar-refractivity contribution < 1.29 is 102 Å². The van der Waals surface area contributed by atoms with Gasteiger partial charge in [-0.1, -0.05) is 58.7 Å². The molecule has 19 N–H and O–H groups in total. The van der Waals surface area contributed by atoms with Crippen LogP contribution in [0.1, 0.15) is 120 Å². The maximum absolute atomic E-state index is 14.5. The van der Waals surface area contributed by atoms with Crippen LogP contribution < -0.4 is 58.9 Å². The first-order valence-corrected chi connectivity index (χ1v) is 37.6. The topological polar surface area (TPSA) is 575 Å². The van der Waals surface area contributed by atoms with Crippen LogP contribution in [0, 0.1) is 11.8 Å². The van der Waals surface area contributed by atoms with E-state index in [0.29, 0.717) is 53.6 Å². The van der Waals surface area contributed by atoms with Gasteiger partial charge in [0.05, 0.1) is 45.6 Å². The SMILES string of the molecule is CSCC[C@H](NC(=O)[C@H](CC(C)C)NC(=O)[C@H](Cc1cnc[nH]1)NC(=O)CNC(=O)[C@@H](NC(=O)[C@H](C)NC(=O)[C@H](Cc1c[nH]c2ccccc12)NC(=O)[C@H](CCC(N)=O)NC(=O)c1ccc(NC(=O)CNC(=O)CCC2(N(CC(=O)O)CC(=O)O)CN(CC(=O)O)C3CCCCC3N(CC(=O)O)C2)cc1)C(C)C)C(=O)O. The maximum Gasteiger partial charge on any atom is 0.326 e. The molecule has 3 heterocycles. The number of carbonyl (C=O) groups excluding carboxylic acids is 11. The number of aromatic nitrogens is 3. The fourth-order valence-electron chi connectivity index (χ4n) is 13.5. The van der Waals surface area contributed by atoms with Gasteiger partial charge < -0.3 is 94.4 Å². The fraction of sp³-hybridized carbons (Fsp3) is 0.542. The minimum absolute atomic E-state index is 0.0695. The number of primary amides is 1. The molecule has 2 fully saturated rings. The third-order valence-corrected chi connectivity index (χ3v) is 19.6. The summed E-state index contributed by atoms with van der Waals surface area (Å²) in [6.45, 7) is 3.44. The Bertz CT molecular complexity index is 3920. The number of aliphatic carboxylic acids is 5. The minimum atomic E-state index is -1.62. The molecule has 0 radical (unpaired) electrons. The highest BCUT2D eigenvalue weighted by Crippen LogP contribution is 2.37. The Morgan fingerprint density at radius 3 is 1.75 bits per heavy atom. The Morgan fingerprint density at radius 1 is 0.604 bits per heavy atom. The smallest absolute Gasteiger partial charge is 0.326 e. The van der Waals surface area contributed by atoms with Crippen molar-refractivity contribution in [3.63, 3.8) is 0 Å². The monoisotopic (exact) mass is 1570 g/mol. The van der Waals surface area contributed by atoms with Crippen LogP contribution in [0.15, 0.2) is 67.3 Å². The molecule has 1 saturated heterocycles. The molecule has 2 aliphatic rings. The lowest BCUT2D eigenvalue weighted by Gasteiger charge is -2.45. The number of nitrogens with one attached hydrogen (secondary N) is 12. The molecule has 39 heteroatoms. The predicted molar refractivity (Wildman–Crippen MR) is 401 cm³/mol. The number of carbonyl (C=O) groups is 16. The molecule has 2 unspecified atom stereocenters. The highest BCUT2D eigenvalue weighted by atomic mass is 32.2. The summed E-state index contributed by atoms with van der Waals surface area (Å²) < 4.78 is 0. The molecular formula is C72H101N17O21S. The van der Waals surface area contributed by atoms with Crippen molar-refractivity contribution in [2.24, 2.45) is 17.6 Å². The number of nitrogens with zero attached hydrogens (tertiary/aromatic N) is 4. The molecule has 11 amide bonds. The molecule has 111 heavy (non-hydrogen) atoms. The molecule has 38 nitrogen and oxygen atoms in total. The lowest BCUT2D eigenvalue weighted by atomic mass is 9.88.